The van der Waals surface area contributed by atoms with Crippen LogP contribution in [-0.2, 0) is 23.9 Å². The molecule has 2 aliphatic rings. The maximum absolute atomic E-state index is 13.3. The minimum absolute atomic E-state index is 0.0887. The van der Waals surface area contributed by atoms with Crippen LogP contribution in [0.4, 0.5) is 0 Å². The second kappa shape index (κ2) is 8.33. The molecule has 1 fully saturated rings. The molecule has 7 nitrogen and oxygen atoms in total. The molecule has 0 aliphatic carbocycles. The maximum Gasteiger partial charge on any atom is 0.356 e. The number of esters is 2. The number of β-lactam (4-membered cyclic amide) rings is 1. The molecule has 2 aromatic rings. The number of nitrogens with zero attached hydrogens (tertiary/aromatic N) is 1. The Balaban J connectivity index is 1.72. The first-order valence-corrected chi connectivity index (χ1v) is 10.4. The Morgan fingerprint density at radius 1 is 1.03 bits per heavy atom. The Bertz CT molecular complexity index is 969. The maximum atomic E-state index is 13.3. The molecule has 0 spiro atoms. The van der Waals surface area contributed by atoms with Crippen LogP contribution in [0.1, 0.15) is 17.2 Å². The summed E-state index contributed by atoms with van der Waals surface area (Å²) in [7, 11) is 1.23. The van der Waals surface area contributed by atoms with Crippen molar-refractivity contribution in [3.63, 3.8) is 0 Å². The lowest BCUT2D eigenvalue weighted by Crippen LogP contribution is -2.68. The molecule has 2 aliphatic heterocycles. The summed E-state index contributed by atoms with van der Waals surface area (Å²) < 4.78 is 10.7. The second-order valence-corrected chi connectivity index (χ2v) is 7.97. The van der Waals surface area contributed by atoms with E-state index < -0.39 is 35.4 Å². The number of fused-ring (bicyclic) bond motifs is 1. The van der Waals surface area contributed by atoms with Crippen molar-refractivity contribution in [2.24, 2.45) is 5.73 Å². The van der Waals surface area contributed by atoms with Crippen LogP contribution in [0.25, 0.3) is 0 Å². The second-order valence-electron chi connectivity index (χ2n) is 6.86. The first-order chi connectivity index (χ1) is 14.5. The molecule has 154 valence electrons. The van der Waals surface area contributed by atoms with Crippen LogP contribution in [0.3, 0.4) is 0 Å². The highest BCUT2D eigenvalue weighted by Gasteiger charge is 2.53. The fraction of sp³-hybridized carbons (Fsp3) is 0.227. The third-order valence-electron chi connectivity index (χ3n) is 5.06. The highest BCUT2D eigenvalue weighted by molar-refractivity contribution is 8.00. The highest BCUT2D eigenvalue weighted by atomic mass is 32.2. The number of ether oxygens (including phenoxy) is 2. The minimum Gasteiger partial charge on any atom is -0.466 e. The van der Waals surface area contributed by atoms with Gasteiger partial charge in [-0.3, -0.25) is 9.69 Å². The number of benzene rings is 2. The summed E-state index contributed by atoms with van der Waals surface area (Å²) in [5.74, 6) is -1.65. The fourth-order valence-corrected chi connectivity index (χ4v) is 4.81. The molecule has 2 N–H and O–H groups in total. The van der Waals surface area contributed by atoms with Crippen LogP contribution in [0, 0.1) is 0 Å². The number of carbonyl (C=O) groups excluding carboxylic acids is 3. The van der Waals surface area contributed by atoms with E-state index in [2.05, 4.69) is 0 Å². The summed E-state index contributed by atoms with van der Waals surface area (Å²) in [6.45, 7) is 0. The number of hydrogen-bond donors (Lipinski definition) is 1. The summed E-state index contributed by atoms with van der Waals surface area (Å²) >= 11 is 1.32. The van der Waals surface area contributed by atoms with Gasteiger partial charge in [-0.1, -0.05) is 60.7 Å². The first-order valence-electron chi connectivity index (χ1n) is 9.35. The largest absolute Gasteiger partial charge is 0.466 e. The van der Waals surface area contributed by atoms with Gasteiger partial charge in [-0.05, 0) is 11.1 Å². The molecule has 0 aromatic heterocycles. The molecule has 4 rings (SSSR count). The Morgan fingerprint density at radius 2 is 1.60 bits per heavy atom. The van der Waals surface area contributed by atoms with Gasteiger partial charge in [0.05, 0.1) is 12.7 Å². The van der Waals surface area contributed by atoms with Crippen molar-refractivity contribution in [1.29, 1.82) is 0 Å². The number of carbonyl (C=O) groups is 3. The molecule has 0 saturated carbocycles. The van der Waals surface area contributed by atoms with E-state index in [1.165, 1.54) is 23.8 Å². The van der Waals surface area contributed by atoms with Crippen molar-refractivity contribution in [3.8, 4) is 0 Å². The van der Waals surface area contributed by atoms with Crippen LogP contribution in [0.2, 0.25) is 0 Å². The lowest BCUT2D eigenvalue weighted by Gasteiger charge is -2.48. The number of thioether (sulfide) groups is 1. The van der Waals surface area contributed by atoms with Gasteiger partial charge < -0.3 is 15.2 Å². The summed E-state index contributed by atoms with van der Waals surface area (Å²) in [6.07, 6.45) is -0.704. The molecule has 2 atom stereocenters. The minimum atomic E-state index is -0.765. The summed E-state index contributed by atoms with van der Waals surface area (Å²) in [5.41, 5.74) is 7.42. The van der Waals surface area contributed by atoms with E-state index in [0.717, 1.165) is 11.1 Å². The average Bonchev–Trinajstić information content (AvgIpc) is 2.81. The molecule has 1 amide bonds. The highest BCUT2D eigenvalue weighted by Crippen LogP contribution is 2.41. The lowest BCUT2D eigenvalue weighted by molar-refractivity contribution is -0.153. The first kappa shape index (κ1) is 20.2. The van der Waals surface area contributed by atoms with Gasteiger partial charge in [-0.2, -0.15) is 0 Å². The van der Waals surface area contributed by atoms with Crippen molar-refractivity contribution in [3.05, 3.63) is 83.1 Å². The number of methoxy groups -OCH3 is 1. The van der Waals surface area contributed by atoms with E-state index in [9.17, 15) is 14.4 Å². The number of hydrogen-bond acceptors (Lipinski definition) is 7. The van der Waals surface area contributed by atoms with Crippen molar-refractivity contribution in [1.82, 2.24) is 4.90 Å². The van der Waals surface area contributed by atoms with Gasteiger partial charge in [0.1, 0.15) is 17.1 Å². The standard InChI is InChI=1S/C22H20N2O5S/c1-28-21(26)15-12-30-20-16(23)19(25)24(20)17(15)22(27)29-18(13-8-4-2-5-9-13)14-10-6-3-7-11-14/h2-11,16,18,20H,12,23H2,1H3/t16?,20-/m0/s1. The molecule has 0 bridgehead atoms. The van der Waals surface area contributed by atoms with E-state index in [1.54, 1.807) is 0 Å². The zero-order valence-corrected chi connectivity index (χ0v) is 17.0. The molecule has 30 heavy (non-hydrogen) atoms. The van der Waals surface area contributed by atoms with E-state index >= 15 is 0 Å². The van der Waals surface area contributed by atoms with Crippen molar-refractivity contribution in [2.45, 2.75) is 17.5 Å². The monoisotopic (exact) mass is 424 g/mol. The molecule has 2 aromatic carbocycles. The zero-order chi connectivity index (χ0) is 21.3. The number of nitrogens with two attached hydrogens (primary N) is 1. The van der Waals surface area contributed by atoms with E-state index in [1.807, 2.05) is 60.7 Å². The zero-order valence-electron chi connectivity index (χ0n) is 16.2. The molecule has 1 saturated heterocycles. The van der Waals surface area contributed by atoms with Gasteiger partial charge in [-0.25, -0.2) is 9.59 Å². The summed E-state index contributed by atoms with van der Waals surface area (Å²) in [6, 6.07) is 17.8. The molecule has 0 radical (unpaired) electrons. The summed E-state index contributed by atoms with van der Waals surface area (Å²) in [4.78, 5) is 39.2. The molecule has 8 heteroatoms. The number of amides is 1. The van der Waals surface area contributed by atoms with E-state index in [-0.39, 0.29) is 17.0 Å². The Kier molecular flexibility index (Phi) is 5.61. The van der Waals surface area contributed by atoms with Crippen LogP contribution in [0.15, 0.2) is 71.9 Å². The Morgan fingerprint density at radius 3 is 2.13 bits per heavy atom. The molecular weight excluding hydrogens is 404 g/mol. The van der Waals surface area contributed by atoms with Gasteiger partial charge in [0, 0.05) is 5.75 Å². The van der Waals surface area contributed by atoms with Gasteiger partial charge in [0.15, 0.2) is 6.10 Å². The Hall–Kier alpha value is -3.10. The van der Waals surface area contributed by atoms with Crippen molar-refractivity contribution < 1.29 is 23.9 Å². The van der Waals surface area contributed by atoms with Crippen LogP contribution in [-0.4, -0.2) is 47.0 Å². The van der Waals surface area contributed by atoms with Crippen molar-refractivity contribution >= 4 is 29.6 Å². The predicted octanol–water partition coefficient (Wildman–Crippen LogP) is 1.99. The fourth-order valence-electron chi connectivity index (χ4n) is 3.53. The SMILES string of the molecule is COC(=O)C1=C(C(=O)OC(c2ccccc2)c2ccccc2)N2C(=O)C(N)[C@@H]2SC1. The third-order valence-corrected chi connectivity index (χ3v) is 6.37. The van der Waals surface area contributed by atoms with Gasteiger partial charge in [0.25, 0.3) is 0 Å². The predicted molar refractivity (Wildman–Crippen MR) is 111 cm³/mol. The molecule has 1 unspecified atom stereocenters. The van der Waals surface area contributed by atoms with Gasteiger partial charge >= 0.3 is 11.9 Å². The Labute approximate surface area is 177 Å². The van der Waals surface area contributed by atoms with Crippen LogP contribution < -0.4 is 5.73 Å². The van der Waals surface area contributed by atoms with E-state index in [0.29, 0.717) is 0 Å². The average molecular weight is 424 g/mol. The summed E-state index contributed by atoms with van der Waals surface area (Å²) in [5, 5.41) is -0.402. The van der Waals surface area contributed by atoms with Gasteiger partial charge in [0.2, 0.25) is 5.91 Å². The topological polar surface area (TPSA) is 98.9 Å². The van der Waals surface area contributed by atoms with Crippen molar-refractivity contribution in [2.75, 3.05) is 12.9 Å². The number of rotatable bonds is 5. The lowest BCUT2D eigenvalue weighted by atomic mass is 10.0. The normalized spacial score (nSPS) is 20.5. The molecule has 2 heterocycles. The smallest absolute Gasteiger partial charge is 0.356 e. The molecular formula is C22H20N2O5S. The van der Waals surface area contributed by atoms with Crippen LogP contribution >= 0.6 is 11.8 Å². The van der Waals surface area contributed by atoms with E-state index in [4.69, 9.17) is 15.2 Å². The quantitative estimate of drug-likeness (QED) is 0.579. The van der Waals surface area contributed by atoms with Gasteiger partial charge in [-0.15, -0.1) is 11.8 Å². The van der Waals surface area contributed by atoms with Crippen LogP contribution in [0.5, 0.6) is 0 Å². The third kappa shape index (κ3) is 3.48.